The number of aryl methyl sites for hydroxylation is 1. The number of hydrogen-bond acceptors (Lipinski definition) is 4. The van der Waals surface area contributed by atoms with Crippen molar-refractivity contribution in [1.82, 2.24) is 19.2 Å². The van der Waals surface area contributed by atoms with E-state index in [1.54, 1.807) is 29.6 Å². The van der Waals surface area contributed by atoms with E-state index in [0.29, 0.717) is 22.6 Å². The maximum atomic E-state index is 12.2. The first-order valence-electron chi connectivity index (χ1n) is 5.70. The molecule has 7 heteroatoms. The number of benzene rings is 1. The Labute approximate surface area is 107 Å². The van der Waals surface area contributed by atoms with Crippen molar-refractivity contribution in [3.8, 4) is 0 Å². The molecule has 0 atom stereocenters. The van der Waals surface area contributed by atoms with E-state index >= 15 is 0 Å². The van der Waals surface area contributed by atoms with Crippen LogP contribution in [0.3, 0.4) is 0 Å². The number of hydrogen-bond donors (Lipinski definition) is 1. The Bertz CT molecular complexity index is 862. The Kier molecular flexibility index (Phi) is 2.34. The Morgan fingerprint density at radius 3 is 2.74 bits per heavy atom. The molecular formula is C12H11N5O2. The summed E-state index contributed by atoms with van der Waals surface area (Å²) in [5.41, 5.74) is 0.513. The van der Waals surface area contributed by atoms with Crippen LogP contribution in [0.1, 0.15) is 6.92 Å². The molecule has 0 radical (unpaired) electrons. The van der Waals surface area contributed by atoms with Gasteiger partial charge in [0, 0.05) is 14.0 Å². The lowest BCUT2D eigenvalue weighted by Crippen LogP contribution is -2.20. The van der Waals surface area contributed by atoms with Gasteiger partial charge in [-0.15, -0.1) is 10.2 Å². The molecule has 2 aromatic heterocycles. The van der Waals surface area contributed by atoms with Gasteiger partial charge in [0.05, 0.1) is 10.9 Å². The van der Waals surface area contributed by atoms with E-state index in [1.807, 2.05) is 6.07 Å². The maximum Gasteiger partial charge on any atom is 0.262 e. The molecule has 3 rings (SSSR count). The third-order valence-corrected chi connectivity index (χ3v) is 2.91. The van der Waals surface area contributed by atoms with Crippen LogP contribution >= 0.6 is 0 Å². The maximum absolute atomic E-state index is 12.2. The number of anilines is 1. The smallest absolute Gasteiger partial charge is 0.262 e. The Hall–Kier alpha value is -2.70. The van der Waals surface area contributed by atoms with Gasteiger partial charge in [0.1, 0.15) is 0 Å². The van der Waals surface area contributed by atoms with E-state index in [2.05, 4.69) is 15.5 Å². The quantitative estimate of drug-likeness (QED) is 0.689. The number of amides is 1. The van der Waals surface area contributed by atoms with E-state index in [4.69, 9.17) is 0 Å². The van der Waals surface area contributed by atoms with Crippen molar-refractivity contribution in [3.63, 3.8) is 0 Å². The summed E-state index contributed by atoms with van der Waals surface area (Å²) in [6, 6.07) is 7.13. The van der Waals surface area contributed by atoms with Crippen molar-refractivity contribution in [2.24, 2.45) is 7.05 Å². The lowest BCUT2D eigenvalue weighted by atomic mass is 10.2. The number of fused-ring (bicyclic) bond motifs is 3. The van der Waals surface area contributed by atoms with Gasteiger partial charge in [-0.05, 0) is 12.1 Å². The molecular weight excluding hydrogens is 246 g/mol. The molecule has 0 unspecified atom stereocenters. The van der Waals surface area contributed by atoms with Gasteiger partial charge >= 0.3 is 0 Å². The predicted molar refractivity (Wildman–Crippen MR) is 70.0 cm³/mol. The fourth-order valence-electron chi connectivity index (χ4n) is 2.07. The summed E-state index contributed by atoms with van der Waals surface area (Å²) in [5, 5.41) is 11.0. The lowest BCUT2D eigenvalue weighted by molar-refractivity contribution is -0.114. The summed E-state index contributed by atoms with van der Waals surface area (Å²) in [7, 11) is 1.62. The number of aromatic nitrogens is 4. The largest absolute Gasteiger partial charge is 0.295 e. The molecule has 0 bridgehead atoms. The molecule has 2 heterocycles. The number of carbonyl (C=O) groups excluding carboxylic acids is 1. The van der Waals surface area contributed by atoms with Gasteiger partial charge in [-0.3, -0.25) is 19.5 Å². The number of nitrogens with zero attached hydrogens (tertiary/aromatic N) is 4. The van der Waals surface area contributed by atoms with Crippen LogP contribution in [0.15, 0.2) is 29.1 Å². The van der Waals surface area contributed by atoms with Crippen molar-refractivity contribution in [1.29, 1.82) is 0 Å². The van der Waals surface area contributed by atoms with E-state index in [9.17, 15) is 9.59 Å². The molecule has 0 aliphatic rings. The van der Waals surface area contributed by atoms with Crippen LogP contribution < -0.4 is 10.9 Å². The SMILES string of the molecule is CC(=O)Nc1nnc2n(C)c(=O)c3ccccc3n12. The van der Waals surface area contributed by atoms with Gasteiger partial charge in [0.2, 0.25) is 17.6 Å². The van der Waals surface area contributed by atoms with Gasteiger partial charge in [0.15, 0.2) is 0 Å². The van der Waals surface area contributed by atoms with E-state index in [0.717, 1.165) is 0 Å². The average Bonchev–Trinajstić information content (AvgIpc) is 2.79. The summed E-state index contributed by atoms with van der Waals surface area (Å²) in [6.45, 7) is 1.39. The Morgan fingerprint density at radius 2 is 2.00 bits per heavy atom. The number of rotatable bonds is 1. The van der Waals surface area contributed by atoms with Crippen LogP contribution in [0.25, 0.3) is 16.7 Å². The fraction of sp³-hybridized carbons (Fsp3) is 0.167. The molecule has 0 saturated heterocycles. The molecule has 0 aliphatic carbocycles. The zero-order valence-corrected chi connectivity index (χ0v) is 10.4. The monoisotopic (exact) mass is 257 g/mol. The second kappa shape index (κ2) is 3.91. The van der Waals surface area contributed by atoms with Crippen molar-refractivity contribution < 1.29 is 4.79 Å². The molecule has 3 aromatic rings. The topological polar surface area (TPSA) is 81.3 Å². The predicted octanol–water partition coefficient (Wildman–Crippen LogP) is 0.540. The molecule has 1 N–H and O–H groups in total. The highest BCUT2D eigenvalue weighted by molar-refractivity contribution is 5.89. The molecule has 1 amide bonds. The first-order valence-corrected chi connectivity index (χ1v) is 5.70. The van der Waals surface area contributed by atoms with Crippen LogP contribution in [-0.4, -0.2) is 25.1 Å². The van der Waals surface area contributed by atoms with Gasteiger partial charge in [-0.1, -0.05) is 12.1 Å². The highest BCUT2D eigenvalue weighted by Crippen LogP contribution is 2.16. The summed E-state index contributed by atoms with van der Waals surface area (Å²) < 4.78 is 3.05. The Balaban J connectivity index is 2.52. The molecule has 96 valence electrons. The zero-order chi connectivity index (χ0) is 13.6. The third-order valence-electron chi connectivity index (χ3n) is 2.91. The third kappa shape index (κ3) is 1.59. The number of carbonyl (C=O) groups is 1. The molecule has 0 spiro atoms. The Morgan fingerprint density at radius 1 is 1.26 bits per heavy atom. The van der Waals surface area contributed by atoms with E-state index in [1.165, 1.54) is 11.5 Å². The van der Waals surface area contributed by atoms with E-state index < -0.39 is 0 Å². The normalized spacial score (nSPS) is 11.1. The van der Waals surface area contributed by atoms with Crippen molar-refractivity contribution in [2.75, 3.05) is 5.32 Å². The first-order chi connectivity index (χ1) is 9.09. The van der Waals surface area contributed by atoms with Crippen LogP contribution in [-0.2, 0) is 11.8 Å². The average molecular weight is 257 g/mol. The minimum Gasteiger partial charge on any atom is -0.295 e. The van der Waals surface area contributed by atoms with Gasteiger partial charge in [-0.25, -0.2) is 4.40 Å². The minimum absolute atomic E-state index is 0.148. The fourth-order valence-corrected chi connectivity index (χ4v) is 2.07. The summed E-state index contributed by atoms with van der Waals surface area (Å²) in [5.74, 6) is 0.439. The molecule has 19 heavy (non-hydrogen) atoms. The highest BCUT2D eigenvalue weighted by atomic mass is 16.1. The molecule has 0 fully saturated rings. The van der Waals surface area contributed by atoms with Crippen LogP contribution in [0, 0.1) is 0 Å². The molecule has 0 saturated carbocycles. The van der Waals surface area contributed by atoms with Gasteiger partial charge in [0.25, 0.3) is 5.56 Å². The molecule has 7 nitrogen and oxygen atoms in total. The molecule has 0 aliphatic heterocycles. The second-order valence-electron chi connectivity index (χ2n) is 4.22. The summed E-state index contributed by atoms with van der Waals surface area (Å²) >= 11 is 0. The molecule has 1 aromatic carbocycles. The van der Waals surface area contributed by atoms with E-state index in [-0.39, 0.29) is 11.5 Å². The van der Waals surface area contributed by atoms with Crippen molar-refractivity contribution >= 4 is 28.5 Å². The van der Waals surface area contributed by atoms with Crippen LogP contribution in [0.4, 0.5) is 5.95 Å². The highest BCUT2D eigenvalue weighted by Gasteiger charge is 2.14. The minimum atomic E-state index is -0.243. The van der Waals surface area contributed by atoms with Crippen LogP contribution in [0.2, 0.25) is 0 Å². The first kappa shape index (κ1) is 11.4. The zero-order valence-electron chi connectivity index (χ0n) is 10.4. The van der Waals surface area contributed by atoms with Crippen molar-refractivity contribution in [2.45, 2.75) is 6.92 Å². The van der Waals surface area contributed by atoms with Gasteiger partial charge in [-0.2, -0.15) is 0 Å². The number of nitrogens with one attached hydrogen (secondary N) is 1. The van der Waals surface area contributed by atoms with Crippen LogP contribution in [0.5, 0.6) is 0 Å². The number of para-hydroxylation sites is 1. The lowest BCUT2D eigenvalue weighted by Gasteiger charge is -2.07. The standard InChI is InChI=1S/C12H11N5O2/c1-7(18)13-11-14-15-12-16(2)10(19)8-5-3-4-6-9(8)17(11)12/h3-6H,1-2H3,(H,13,14,18). The second-order valence-corrected chi connectivity index (χ2v) is 4.22. The van der Waals surface area contributed by atoms with Gasteiger partial charge < -0.3 is 0 Å². The summed E-state index contributed by atoms with van der Waals surface area (Å²) in [4.78, 5) is 23.4. The summed E-state index contributed by atoms with van der Waals surface area (Å²) in [6.07, 6.45) is 0. The van der Waals surface area contributed by atoms with Crippen molar-refractivity contribution in [3.05, 3.63) is 34.6 Å².